The van der Waals surface area contributed by atoms with Crippen molar-refractivity contribution in [1.82, 2.24) is 14.6 Å². The van der Waals surface area contributed by atoms with E-state index in [1.165, 1.54) is 10.8 Å². The first kappa shape index (κ1) is 15.1. The molecule has 1 fully saturated rings. The topological polar surface area (TPSA) is 106 Å². The van der Waals surface area contributed by atoms with Gasteiger partial charge in [-0.05, 0) is 18.1 Å². The molecule has 0 saturated carbocycles. The summed E-state index contributed by atoms with van der Waals surface area (Å²) in [5.41, 5.74) is 5.38. The highest BCUT2D eigenvalue weighted by molar-refractivity contribution is 5.65. The zero-order chi connectivity index (χ0) is 16.1. The van der Waals surface area contributed by atoms with Crippen LogP contribution in [0.3, 0.4) is 0 Å². The second kappa shape index (κ2) is 5.15. The largest absolute Gasteiger partial charge is 0.393 e. The van der Waals surface area contributed by atoms with Crippen molar-refractivity contribution >= 4 is 11.3 Å². The summed E-state index contributed by atoms with van der Waals surface area (Å²) in [6.07, 6.45) is -2.87. The number of nitrogens with zero attached hydrogens (tertiary/aromatic N) is 3. The summed E-state index contributed by atoms with van der Waals surface area (Å²) >= 11 is 0. The number of alkyl halides is 1. The van der Waals surface area contributed by atoms with Crippen molar-refractivity contribution in [1.29, 1.82) is 0 Å². The van der Waals surface area contributed by atoms with Crippen LogP contribution in [-0.2, 0) is 4.74 Å². The van der Waals surface area contributed by atoms with Crippen molar-refractivity contribution in [2.45, 2.75) is 37.8 Å². The number of rotatable bonds is 3. The monoisotopic (exact) mass is 310 g/mol. The molecule has 2 aromatic rings. The van der Waals surface area contributed by atoms with E-state index in [9.17, 15) is 14.6 Å². The van der Waals surface area contributed by atoms with Crippen molar-refractivity contribution in [2.24, 2.45) is 5.92 Å². The Morgan fingerprint density at radius 1 is 1.50 bits per heavy atom. The highest BCUT2D eigenvalue weighted by Crippen LogP contribution is 2.45. The van der Waals surface area contributed by atoms with Gasteiger partial charge in [-0.1, -0.05) is 13.8 Å². The summed E-state index contributed by atoms with van der Waals surface area (Å²) in [7, 11) is 0. The van der Waals surface area contributed by atoms with Crippen LogP contribution in [0.1, 0.15) is 25.6 Å². The lowest BCUT2D eigenvalue weighted by atomic mass is 9.85. The molecular formula is C14H19FN4O3. The number of anilines is 1. The molecule has 0 aromatic carbocycles. The number of hydrogen-bond donors (Lipinski definition) is 3. The summed E-state index contributed by atoms with van der Waals surface area (Å²) in [5.74, 6) is 0.00848. The number of hydrogen-bond acceptors (Lipinski definition) is 6. The van der Waals surface area contributed by atoms with Crippen LogP contribution in [0.4, 0.5) is 10.2 Å². The summed E-state index contributed by atoms with van der Waals surface area (Å²) < 4.78 is 21.9. The first-order chi connectivity index (χ1) is 10.4. The summed E-state index contributed by atoms with van der Waals surface area (Å²) in [6.45, 7) is 3.07. The second-order valence-electron chi connectivity index (χ2n) is 5.90. The zero-order valence-electron chi connectivity index (χ0n) is 12.3. The van der Waals surface area contributed by atoms with Gasteiger partial charge in [-0.3, -0.25) is 0 Å². The van der Waals surface area contributed by atoms with Crippen LogP contribution < -0.4 is 5.73 Å². The first-order valence-electron chi connectivity index (χ1n) is 7.11. The smallest absolute Gasteiger partial charge is 0.161 e. The van der Waals surface area contributed by atoms with Crippen LogP contribution in [0, 0.1) is 5.92 Å². The Hall–Kier alpha value is -1.77. The number of aliphatic hydroxyl groups excluding tert-OH is 2. The molecular weight excluding hydrogens is 291 g/mol. The predicted octanol–water partition coefficient (Wildman–Crippen LogP) is 0.469. The molecule has 4 atom stereocenters. The van der Waals surface area contributed by atoms with Gasteiger partial charge in [-0.2, -0.15) is 5.10 Å². The number of halogens is 1. The van der Waals surface area contributed by atoms with Gasteiger partial charge in [0, 0.05) is 0 Å². The van der Waals surface area contributed by atoms with E-state index >= 15 is 0 Å². The Bertz CT molecular complexity index is 692. The SMILES string of the molecule is CC(C)[C@]1(CO)O[C@@H](c2ccc3c(N)ncnn23)[C@H](F)[C@@H]1O. The lowest BCUT2D eigenvalue weighted by Gasteiger charge is -2.33. The third-order valence-electron chi connectivity index (χ3n) is 4.46. The van der Waals surface area contributed by atoms with E-state index in [1.807, 2.05) is 0 Å². The standard InChI is InChI=1S/C14H19FN4O3/c1-7(2)14(5-20)12(21)10(15)11(22-14)8-3-4-9-13(16)17-6-18-19(8)9/h3-4,6-7,10-12,20-21H,5H2,1-2H3,(H2,16,17,18)/t10-,11-,12-,14-/m0/s1. The number of ether oxygens (including phenoxy) is 1. The lowest BCUT2D eigenvalue weighted by Crippen LogP contribution is -2.49. The first-order valence-corrected chi connectivity index (χ1v) is 7.11. The minimum absolute atomic E-state index is 0.262. The molecule has 3 rings (SSSR count). The second-order valence-corrected chi connectivity index (χ2v) is 5.90. The Morgan fingerprint density at radius 3 is 2.82 bits per heavy atom. The Labute approximate surface area is 126 Å². The van der Waals surface area contributed by atoms with Crippen LogP contribution in [0.25, 0.3) is 5.52 Å². The number of aromatic nitrogens is 3. The van der Waals surface area contributed by atoms with Gasteiger partial charge in [0.05, 0.1) is 12.3 Å². The molecule has 2 aromatic heterocycles. The van der Waals surface area contributed by atoms with Gasteiger partial charge in [0.15, 0.2) is 12.0 Å². The molecule has 1 aliphatic rings. The van der Waals surface area contributed by atoms with Crippen LogP contribution in [0.15, 0.2) is 18.5 Å². The van der Waals surface area contributed by atoms with Crippen LogP contribution >= 0.6 is 0 Å². The molecule has 1 aliphatic heterocycles. The van der Waals surface area contributed by atoms with E-state index < -0.39 is 30.6 Å². The molecule has 0 spiro atoms. The minimum atomic E-state index is -1.68. The quantitative estimate of drug-likeness (QED) is 0.761. The molecule has 22 heavy (non-hydrogen) atoms. The van der Waals surface area contributed by atoms with Crippen molar-refractivity contribution in [2.75, 3.05) is 12.3 Å². The number of fused-ring (bicyclic) bond motifs is 1. The molecule has 4 N–H and O–H groups in total. The molecule has 0 amide bonds. The van der Waals surface area contributed by atoms with E-state index in [0.29, 0.717) is 11.2 Å². The molecule has 3 heterocycles. The average Bonchev–Trinajstić information content (AvgIpc) is 3.02. The van der Waals surface area contributed by atoms with Crippen LogP contribution in [-0.4, -0.2) is 49.3 Å². The van der Waals surface area contributed by atoms with Gasteiger partial charge < -0.3 is 20.7 Å². The normalized spacial score (nSPS) is 32.2. The fourth-order valence-corrected chi connectivity index (χ4v) is 3.01. The Morgan fingerprint density at radius 2 is 2.23 bits per heavy atom. The van der Waals surface area contributed by atoms with E-state index in [0.717, 1.165) is 0 Å². The molecule has 8 heteroatoms. The minimum Gasteiger partial charge on any atom is -0.393 e. The maximum Gasteiger partial charge on any atom is 0.161 e. The maximum atomic E-state index is 14.6. The molecule has 0 unspecified atom stereocenters. The highest BCUT2D eigenvalue weighted by Gasteiger charge is 2.57. The Kier molecular flexibility index (Phi) is 3.54. The van der Waals surface area contributed by atoms with E-state index in [4.69, 9.17) is 10.5 Å². The van der Waals surface area contributed by atoms with Crippen LogP contribution in [0.2, 0.25) is 0 Å². The summed E-state index contributed by atoms with van der Waals surface area (Å²) in [5, 5.41) is 24.0. The maximum absolute atomic E-state index is 14.6. The third-order valence-corrected chi connectivity index (χ3v) is 4.46. The van der Waals surface area contributed by atoms with E-state index in [-0.39, 0.29) is 11.7 Å². The van der Waals surface area contributed by atoms with Crippen molar-refractivity contribution in [3.05, 3.63) is 24.2 Å². The van der Waals surface area contributed by atoms with E-state index in [2.05, 4.69) is 10.1 Å². The van der Waals surface area contributed by atoms with Gasteiger partial charge in [0.25, 0.3) is 0 Å². The van der Waals surface area contributed by atoms with Gasteiger partial charge in [0.1, 0.15) is 29.7 Å². The lowest BCUT2D eigenvalue weighted by molar-refractivity contribution is -0.140. The number of aliphatic hydroxyl groups is 2. The Balaban J connectivity index is 2.06. The van der Waals surface area contributed by atoms with E-state index in [1.54, 1.807) is 26.0 Å². The molecule has 0 radical (unpaired) electrons. The molecule has 1 saturated heterocycles. The summed E-state index contributed by atoms with van der Waals surface area (Å²) in [4.78, 5) is 3.88. The third kappa shape index (κ3) is 1.91. The molecule has 7 nitrogen and oxygen atoms in total. The number of nitrogen functional groups attached to an aromatic ring is 1. The van der Waals surface area contributed by atoms with Gasteiger partial charge in [-0.25, -0.2) is 13.9 Å². The predicted molar refractivity (Wildman–Crippen MR) is 76.8 cm³/mol. The van der Waals surface area contributed by atoms with Crippen molar-refractivity contribution in [3.63, 3.8) is 0 Å². The fraction of sp³-hybridized carbons (Fsp3) is 0.571. The summed E-state index contributed by atoms with van der Waals surface area (Å²) in [6, 6.07) is 3.31. The molecule has 120 valence electrons. The van der Waals surface area contributed by atoms with Gasteiger partial charge in [-0.15, -0.1) is 0 Å². The van der Waals surface area contributed by atoms with Crippen molar-refractivity contribution in [3.8, 4) is 0 Å². The number of nitrogens with two attached hydrogens (primary N) is 1. The highest BCUT2D eigenvalue weighted by atomic mass is 19.1. The van der Waals surface area contributed by atoms with Gasteiger partial charge in [0.2, 0.25) is 0 Å². The molecule has 0 bridgehead atoms. The van der Waals surface area contributed by atoms with Crippen molar-refractivity contribution < 1.29 is 19.3 Å². The zero-order valence-corrected chi connectivity index (χ0v) is 12.3. The average molecular weight is 310 g/mol. The van der Waals surface area contributed by atoms with Crippen LogP contribution in [0.5, 0.6) is 0 Å². The fourth-order valence-electron chi connectivity index (χ4n) is 3.01. The molecule has 0 aliphatic carbocycles. The van der Waals surface area contributed by atoms with Gasteiger partial charge >= 0.3 is 0 Å².